The van der Waals surface area contributed by atoms with Crippen molar-refractivity contribution in [1.29, 1.82) is 0 Å². The number of rotatable bonds is 10. The van der Waals surface area contributed by atoms with E-state index >= 15 is 0 Å². The van der Waals surface area contributed by atoms with Gasteiger partial charge in [-0.25, -0.2) is 17.9 Å². The molecule has 0 atom stereocenters. The van der Waals surface area contributed by atoms with Gasteiger partial charge in [0, 0.05) is 21.8 Å². The zero-order valence-electron chi connectivity index (χ0n) is 21.9. The van der Waals surface area contributed by atoms with Crippen LogP contribution in [0.2, 0.25) is 0 Å². The van der Waals surface area contributed by atoms with E-state index in [-0.39, 0.29) is 22.3 Å². The van der Waals surface area contributed by atoms with E-state index in [4.69, 9.17) is 5.14 Å². The highest BCUT2D eigenvalue weighted by Crippen LogP contribution is 2.22. The number of nitrogens with one attached hydrogen (secondary N) is 3. The average molecular weight is 605 g/mol. The van der Waals surface area contributed by atoms with Crippen molar-refractivity contribution >= 4 is 57.0 Å². The third-order valence-corrected chi connectivity index (χ3v) is 7.60. The molecule has 5 N–H and O–H groups in total. The summed E-state index contributed by atoms with van der Waals surface area (Å²) in [6.45, 7) is 0. The van der Waals surface area contributed by atoms with Crippen molar-refractivity contribution < 1.29 is 27.2 Å². The summed E-state index contributed by atoms with van der Waals surface area (Å²) >= 11 is 1.26. The van der Waals surface area contributed by atoms with Crippen LogP contribution in [0.1, 0.15) is 15.9 Å². The minimum Gasteiger partial charge on any atom is -0.325 e. The van der Waals surface area contributed by atoms with Gasteiger partial charge in [0.05, 0.1) is 10.6 Å². The van der Waals surface area contributed by atoms with Gasteiger partial charge in [0.2, 0.25) is 15.9 Å². The molecule has 0 radical (unpaired) electrons. The molecular formula is C30H25FN4O5S2. The number of sulfonamides is 1. The number of thioether (sulfide) groups is 1. The van der Waals surface area contributed by atoms with Crippen LogP contribution in [-0.4, -0.2) is 31.9 Å². The maximum atomic E-state index is 13.4. The molecule has 4 aromatic carbocycles. The van der Waals surface area contributed by atoms with E-state index in [9.17, 15) is 27.2 Å². The monoisotopic (exact) mass is 604 g/mol. The molecule has 0 unspecified atom stereocenters. The summed E-state index contributed by atoms with van der Waals surface area (Å²) in [4.78, 5) is 38.9. The molecule has 0 heterocycles. The highest BCUT2D eigenvalue weighted by Gasteiger charge is 2.15. The Morgan fingerprint density at radius 3 is 2.00 bits per heavy atom. The van der Waals surface area contributed by atoms with E-state index in [1.807, 2.05) is 0 Å². The van der Waals surface area contributed by atoms with Crippen molar-refractivity contribution in [1.82, 2.24) is 5.32 Å². The van der Waals surface area contributed by atoms with Crippen molar-refractivity contribution in [3.63, 3.8) is 0 Å². The van der Waals surface area contributed by atoms with Crippen LogP contribution in [0.15, 0.2) is 119 Å². The minimum absolute atomic E-state index is 0.0392. The zero-order valence-corrected chi connectivity index (χ0v) is 23.5. The number of nitrogens with two attached hydrogens (primary N) is 1. The smallest absolute Gasteiger partial charge is 0.272 e. The van der Waals surface area contributed by atoms with Crippen LogP contribution in [0.3, 0.4) is 0 Å². The Balaban J connectivity index is 1.37. The number of anilines is 2. The fraction of sp³-hybridized carbons (Fsp3) is 0.0333. The molecule has 0 aliphatic heterocycles. The predicted molar refractivity (Wildman–Crippen MR) is 161 cm³/mol. The Kier molecular flexibility index (Phi) is 9.86. The van der Waals surface area contributed by atoms with Gasteiger partial charge < -0.3 is 16.0 Å². The van der Waals surface area contributed by atoms with Gasteiger partial charge in [-0.05, 0) is 84.4 Å². The molecule has 0 fully saturated rings. The lowest BCUT2D eigenvalue weighted by atomic mass is 10.1. The van der Waals surface area contributed by atoms with Crippen LogP contribution in [0, 0.1) is 5.82 Å². The van der Waals surface area contributed by atoms with Gasteiger partial charge in [0.25, 0.3) is 11.8 Å². The molecule has 0 saturated heterocycles. The number of amides is 3. The largest absolute Gasteiger partial charge is 0.325 e. The Labute approximate surface area is 246 Å². The van der Waals surface area contributed by atoms with Crippen molar-refractivity contribution in [3.05, 3.63) is 126 Å². The second kappa shape index (κ2) is 13.7. The minimum atomic E-state index is -3.82. The molecule has 0 spiro atoms. The summed E-state index contributed by atoms with van der Waals surface area (Å²) in [5.41, 5.74) is 1.71. The number of carbonyl (C=O) groups excluding carboxylic acids is 3. The molecule has 0 aliphatic rings. The SMILES string of the molecule is NS(=O)(=O)c1ccc(NC(=O)CSc2ccc(NC(=O)/C(=C/c3ccc(F)cc3)NC(=O)c3ccccc3)cc2)cc1. The van der Waals surface area contributed by atoms with E-state index in [0.717, 1.165) is 4.90 Å². The van der Waals surface area contributed by atoms with E-state index in [0.29, 0.717) is 22.5 Å². The van der Waals surface area contributed by atoms with E-state index in [1.165, 1.54) is 66.4 Å². The molecule has 0 aliphatic carbocycles. The van der Waals surface area contributed by atoms with Gasteiger partial charge in [-0.15, -0.1) is 11.8 Å². The number of primary sulfonamides is 1. The summed E-state index contributed by atoms with van der Waals surface area (Å²) in [5, 5.41) is 13.1. The van der Waals surface area contributed by atoms with Gasteiger partial charge in [-0.1, -0.05) is 30.3 Å². The topological polar surface area (TPSA) is 147 Å². The Morgan fingerprint density at radius 2 is 1.38 bits per heavy atom. The Hall–Kier alpha value is -4.78. The number of halogens is 1. The van der Waals surface area contributed by atoms with Crippen LogP contribution in [0.5, 0.6) is 0 Å². The lowest BCUT2D eigenvalue weighted by molar-refractivity contribution is -0.114. The second-order valence-corrected chi connectivity index (χ2v) is 11.4. The summed E-state index contributed by atoms with van der Waals surface area (Å²) in [7, 11) is -3.82. The number of hydrogen-bond donors (Lipinski definition) is 4. The fourth-order valence-corrected chi connectivity index (χ4v) is 4.79. The predicted octanol–water partition coefficient (Wildman–Crippen LogP) is 4.61. The molecular weight excluding hydrogens is 579 g/mol. The molecule has 4 rings (SSSR count). The third-order valence-electron chi connectivity index (χ3n) is 5.66. The Morgan fingerprint density at radius 1 is 0.786 bits per heavy atom. The summed E-state index contributed by atoms with van der Waals surface area (Å²) in [5.74, 6) is -1.72. The summed E-state index contributed by atoms with van der Waals surface area (Å²) in [6.07, 6.45) is 1.45. The van der Waals surface area contributed by atoms with E-state index < -0.39 is 27.7 Å². The van der Waals surface area contributed by atoms with Crippen LogP contribution >= 0.6 is 11.8 Å². The van der Waals surface area contributed by atoms with Crippen molar-refractivity contribution in [2.45, 2.75) is 9.79 Å². The normalized spacial score (nSPS) is 11.4. The first-order valence-electron chi connectivity index (χ1n) is 12.4. The molecule has 0 aromatic heterocycles. The van der Waals surface area contributed by atoms with Gasteiger partial charge >= 0.3 is 0 Å². The molecule has 214 valence electrons. The quantitative estimate of drug-likeness (QED) is 0.154. The highest BCUT2D eigenvalue weighted by molar-refractivity contribution is 8.00. The number of carbonyl (C=O) groups is 3. The number of benzene rings is 4. The van der Waals surface area contributed by atoms with Crippen LogP contribution in [0.25, 0.3) is 6.08 Å². The zero-order chi connectivity index (χ0) is 30.1. The Bertz CT molecular complexity index is 1710. The van der Waals surface area contributed by atoms with Crippen molar-refractivity contribution in [3.8, 4) is 0 Å². The van der Waals surface area contributed by atoms with Crippen molar-refractivity contribution in [2.75, 3.05) is 16.4 Å². The molecule has 0 bridgehead atoms. The van der Waals surface area contributed by atoms with Crippen LogP contribution < -0.4 is 21.1 Å². The average Bonchev–Trinajstić information content (AvgIpc) is 2.98. The summed E-state index contributed by atoms with van der Waals surface area (Å²) in [6, 6.07) is 26.1. The van der Waals surface area contributed by atoms with Crippen molar-refractivity contribution in [2.24, 2.45) is 5.14 Å². The molecule has 42 heavy (non-hydrogen) atoms. The standard InChI is InChI=1S/C30H25FN4O5S2/c31-22-8-6-20(7-9-22)18-27(35-29(37)21-4-2-1-3-5-21)30(38)34-24-10-14-25(15-11-24)41-19-28(36)33-23-12-16-26(17-13-23)42(32,39)40/h1-18H,19H2,(H,33,36)(H,34,38)(H,35,37)(H2,32,39,40)/b27-18-. The molecule has 4 aromatic rings. The molecule has 3 amide bonds. The third kappa shape index (κ3) is 8.86. The second-order valence-electron chi connectivity index (χ2n) is 8.81. The molecule has 12 heteroatoms. The first-order valence-corrected chi connectivity index (χ1v) is 14.9. The molecule has 9 nitrogen and oxygen atoms in total. The highest BCUT2D eigenvalue weighted by atomic mass is 32.2. The first kappa shape index (κ1) is 30.2. The van der Waals surface area contributed by atoms with Crippen LogP contribution in [0.4, 0.5) is 15.8 Å². The van der Waals surface area contributed by atoms with E-state index in [2.05, 4.69) is 16.0 Å². The summed E-state index contributed by atoms with van der Waals surface area (Å²) < 4.78 is 36.1. The van der Waals surface area contributed by atoms with Gasteiger partial charge in [-0.2, -0.15) is 0 Å². The van der Waals surface area contributed by atoms with Gasteiger partial charge in [0.1, 0.15) is 11.5 Å². The fourth-order valence-electron chi connectivity index (χ4n) is 3.57. The molecule has 0 saturated carbocycles. The first-order chi connectivity index (χ1) is 20.1. The van der Waals surface area contributed by atoms with Gasteiger partial charge in [-0.3, -0.25) is 14.4 Å². The van der Waals surface area contributed by atoms with E-state index in [1.54, 1.807) is 54.6 Å². The van der Waals surface area contributed by atoms with Crippen LogP contribution in [-0.2, 0) is 19.6 Å². The maximum absolute atomic E-state index is 13.4. The van der Waals surface area contributed by atoms with Gasteiger partial charge in [0.15, 0.2) is 0 Å². The maximum Gasteiger partial charge on any atom is 0.272 e. The lowest BCUT2D eigenvalue weighted by Gasteiger charge is -2.12. The lowest BCUT2D eigenvalue weighted by Crippen LogP contribution is -2.30. The number of hydrogen-bond acceptors (Lipinski definition) is 6.